The van der Waals surface area contributed by atoms with Gasteiger partial charge in [-0.2, -0.15) is 0 Å². The van der Waals surface area contributed by atoms with Crippen LogP contribution >= 0.6 is 0 Å². The van der Waals surface area contributed by atoms with Gasteiger partial charge in [0.05, 0.1) is 6.20 Å². The van der Waals surface area contributed by atoms with Crippen LogP contribution in [0.25, 0.3) is 0 Å². The molecule has 0 spiro atoms. The third-order valence-electron chi connectivity index (χ3n) is 2.18. The first kappa shape index (κ1) is 12.2. The number of hydrogen-bond acceptors (Lipinski definition) is 3. The molecule has 1 rings (SSSR count). The Balaban J connectivity index is 2.47. The smallest absolute Gasteiger partial charge is 0.195 e. The highest BCUT2D eigenvalue weighted by atomic mass is 16.4. The average Bonchev–Trinajstić information content (AvgIpc) is 2.51. The second-order valence-corrected chi connectivity index (χ2v) is 5.23. The van der Waals surface area contributed by atoms with E-state index in [-0.39, 0.29) is 5.41 Å². The predicted molar refractivity (Wildman–Crippen MR) is 62.0 cm³/mol. The molecule has 1 N–H and O–H groups in total. The van der Waals surface area contributed by atoms with Gasteiger partial charge < -0.3 is 9.73 Å². The monoisotopic (exact) mass is 210 g/mol. The quantitative estimate of drug-likeness (QED) is 0.829. The van der Waals surface area contributed by atoms with Gasteiger partial charge >= 0.3 is 0 Å². The molecule has 0 bridgehead atoms. The zero-order valence-electron chi connectivity index (χ0n) is 10.4. The van der Waals surface area contributed by atoms with Gasteiger partial charge in [0.2, 0.25) is 0 Å². The first-order valence-electron chi connectivity index (χ1n) is 5.58. The first-order valence-corrected chi connectivity index (χ1v) is 5.58. The summed E-state index contributed by atoms with van der Waals surface area (Å²) in [7, 11) is 0. The average molecular weight is 210 g/mol. The van der Waals surface area contributed by atoms with Gasteiger partial charge in [-0.3, -0.25) is 0 Å². The summed E-state index contributed by atoms with van der Waals surface area (Å²) in [6.07, 6.45) is 2.69. The normalized spacial score (nSPS) is 12.4. The van der Waals surface area contributed by atoms with Crippen LogP contribution in [-0.2, 0) is 11.8 Å². The molecule has 0 atom stereocenters. The molecule has 0 aliphatic heterocycles. The molecule has 0 radical (unpaired) electrons. The van der Waals surface area contributed by atoms with Crippen molar-refractivity contribution in [2.24, 2.45) is 0 Å². The fourth-order valence-electron chi connectivity index (χ4n) is 1.24. The van der Waals surface area contributed by atoms with Crippen molar-refractivity contribution < 1.29 is 4.42 Å². The van der Waals surface area contributed by atoms with E-state index in [9.17, 15) is 0 Å². The molecule has 0 unspecified atom stereocenters. The number of rotatable bonds is 4. The second kappa shape index (κ2) is 4.79. The summed E-state index contributed by atoms with van der Waals surface area (Å²) >= 11 is 0. The minimum Gasteiger partial charge on any atom is -0.445 e. The molecule has 0 aromatic carbocycles. The molecule has 0 aliphatic carbocycles. The molecule has 86 valence electrons. The molecule has 0 amide bonds. The van der Waals surface area contributed by atoms with Crippen LogP contribution in [-0.4, -0.2) is 17.6 Å². The maximum atomic E-state index is 5.68. The lowest BCUT2D eigenvalue weighted by molar-refractivity contribution is 0.379. The van der Waals surface area contributed by atoms with Gasteiger partial charge in [0.1, 0.15) is 5.76 Å². The van der Waals surface area contributed by atoms with Crippen molar-refractivity contribution in [1.29, 1.82) is 0 Å². The molecule has 15 heavy (non-hydrogen) atoms. The highest BCUT2D eigenvalue weighted by Gasteiger charge is 2.18. The van der Waals surface area contributed by atoms with E-state index in [1.54, 1.807) is 0 Å². The third-order valence-corrected chi connectivity index (χ3v) is 2.18. The van der Waals surface area contributed by atoms with Crippen molar-refractivity contribution in [3.63, 3.8) is 0 Å². The standard InChI is InChI=1S/C12H22N2O/c1-9(2)13-7-6-11-14-8-10(15-11)12(3,4)5/h8-9,13H,6-7H2,1-5H3. The Labute approximate surface area is 92.3 Å². The summed E-state index contributed by atoms with van der Waals surface area (Å²) in [5.74, 6) is 1.79. The fraction of sp³-hybridized carbons (Fsp3) is 0.750. The van der Waals surface area contributed by atoms with E-state index in [0.717, 1.165) is 24.6 Å². The van der Waals surface area contributed by atoms with Gasteiger partial charge in [0.25, 0.3) is 0 Å². The summed E-state index contributed by atoms with van der Waals surface area (Å²) < 4.78 is 5.68. The van der Waals surface area contributed by atoms with Crippen LogP contribution < -0.4 is 5.32 Å². The first-order chi connectivity index (χ1) is 6.89. The molecule has 3 heteroatoms. The topological polar surface area (TPSA) is 38.1 Å². The van der Waals surface area contributed by atoms with E-state index in [1.165, 1.54) is 0 Å². The minimum atomic E-state index is 0.0523. The van der Waals surface area contributed by atoms with E-state index in [2.05, 4.69) is 44.9 Å². The largest absolute Gasteiger partial charge is 0.445 e. The van der Waals surface area contributed by atoms with Crippen molar-refractivity contribution in [1.82, 2.24) is 10.3 Å². The molecular weight excluding hydrogens is 188 g/mol. The van der Waals surface area contributed by atoms with Crippen LogP contribution in [0.15, 0.2) is 10.6 Å². The van der Waals surface area contributed by atoms with E-state index >= 15 is 0 Å². The van der Waals surface area contributed by atoms with Crippen molar-refractivity contribution in [2.75, 3.05) is 6.54 Å². The lowest BCUT2D eigenvalue weighted by Crippen LogP contribution is -2.25. The zero-order chi connectivity index (χ0) is 11.5. The third kappa shape index (κ3) is 4.04. The lowest BCUT2D eigenvalue weighted by Gasteiger charge is -2.13. The van der Waals surface area contributed by atoms with Gasteiger partial charge in [0, 0.05) is 24.4 Å². The maximum Gasteiger partial charge on any atom is 0.195 e. The Morgan fingerprint density at radius 1 is 1.40 bits per heavy atom. The molecule has 0 fully saturated rings. The van der Waals surface area contributed by atoms with Crippen LogP contribution in [0.2, 0.25) is 0 Å². The Morgan fingerprint density at radius 3 is 2.53 bits per heavy atom. The number of aromatic nitrogens is 1. The molecule has 1 aromatic rings. The van der Waals surface area contributed by atoms with Crippen molar-refractivity contribution in [3.8, 4) is 0 Å². The number of nitrogens with one attached hydrogen (secondary N) is 1. The molecule has 3 nitrogen and oxygen atoms in total. The maximum absolute atomic E-state index is 5.68. The number of hydrogen-bond donors (Lipinski definition) is 1. The molecular formula is C12H22N2O. The summed E-state index contributed by atoms with van der Waals surface area (Å²) in [4.78, 5) is 4.27. The van der Waals surface area contributed by atoms with Gasteiger partial charge in [-0.1, -0.05) is 34.6 Å². The molecule has 0 saturated heterocycles. The summed E-state index contributed by atoms with van der Waals surface area (Å²) in [5, 5.41) is 3.34. The van der Waals surface area contributed by atoms with Gasteiger partial charge in [-0.25, -0.2) is 4.98 Å². The van der Waals surface area contributed by atoms with Crippen LogP contribution in [0.4, 0.5) is 0 Å². The Morgan fingerprint density at radius 2 is 2.07 bits per heavy atom. The fourth-order valence-corrected chi connectivity index (χ4v) is 1.24. The number of oxazole rings is 1. The van der Waals surface area contributed by atoms with Crippen LogP contribution in [0.3, 0.4) is 0 Å². The Kier molecular flexibility index (Phi) is 3.91. The minimum absolute atomic E-state index is 0.0523. The van der Waals surface area contributed by atoms with E-state index < -0.39 is 0 Å². The summed E-state index contributed by atoms with van der Waals surface area (Å²) in [6, 6.07) is 0.516. The van der Waals surface area contributed by atoms with Gasteiger partial charge in [-0.15, -0.1) is 0 Å². The van der Waals surface area contributed by atoms with Crippen molar-refractivity contribution >= 4 is 0 Å². The van der Waals surface area contributed by atoms with Crippen molar-refractivity contribution in [2.45, 2.75) is 52.5 Å². The van der Waals surface area contributed by atoms with Crippen LogP contribution in [0, 0.1) is 0 Å². The molecule has 1 heterocycles. The highest BCUT2D eigenvalue weighted by molar-refractivity contribution is 5.06. The molecule has 0 aliphatic rings. The highest BCUT2D eigenvalue weighted by Crippen LogP contribution is 2.22. The summed E-state index contributed by atoms with van der Waals surface area (Å²) in [5.41, 5.74) is 0.0523. The van der Waals surface area contributed by atoms with Gasteiger partial charge in [-0.05, 0) is 0 Å². The molecule has 1 aromatic heterocycles. The van der Waals surface area contributed by atoms with Crippen LogP contribution in [0.5, 0.6) is 0 Å². The number of nitrogens with zero attached hydrogens (tertiary/aromatic N) is 1. The second-order valence-electron chi connectivity index (χ2n) is 5.23. The lowest BCUT2D eigenvalue weighted by atomic mass is 9.94. The van der Waals surface area contributed by atoms with Crippen LogP contribution in [0.1, 0.15) is 46.3 Å². The Hall–Kier alpha value is -0.830. The van der Waals surface area contributed by atoms with E-state index in [4.69, 9.17) is 4.42 Å². The SMILES string of the molecule is CC(C)NCCc1ncc(C(C)(C)C)o1. The summed E-state index contributed by atoms with van der Waals surface area (Å²) in [6.45, 7) is 11.6. The van der Waals surface area contributed by atoms with E-state index in [1.807, 2.05) is 6.20 Å². The molecule has 0 saturated carbocycles. The van der Waals surface area contributed by atoms with Crippen molar-refractivity contribution in [3.05, 3.63) is 17.8 Å². The Bertz CT molecular complexity index is 297. The zero-order valence-corrected chi connectivity index (χ0v) is 10.4. The van der Waals surface area contributed by atoms with E-state index in [0.29, 0.717) is 6.04 Å². The van der Waals surface area contributed by atoms with Gasteiger partial charge in [0.15, 0.2) is 5.89 Å². The predicted octanol–water partition coefficient (Wildman–Crippen LogP) is 2.51.